The second-order valence-corrected chi connectivity index (χ2v) is 19.5. The molecule has 0 spiro atoms. The van der Waals surface area contributed by atoms with Gasteiger partial charge in [-0.15, -0.1) is 0 Å². The molecule has 9 aromatic carbocycles. The number of anilines is 2. The molecule has 1 unspecified atom stereocenters. The Bertz CT molecular complexity index is 3820. The van der Waals surface area contributed by atoms with Crippen molar-refractivity contribution in [2.45, 2.75) is 52.5 Å². The lowest BCUT2D eigenvalue weighted by molar-refractivity contribution is 0.587. The van der Waals surface area contributed by atoms with Crippen LogP contribution in [-0.2, 0) is 6.42 Å². The molecule has 2 heteroatoms. The minimum absolute atomic E-state index is 0.228. The van der Waals surface area contributed by atoms with Crippen LogP contribution in [0.5, 0.6) is 0 Å². The molecule has 0 saturated carbocycles. The fraction of sp³-hybridized carbons (Fsp3) is 0.111. The highest BCUT2D eigenvalue weighted by atomic mass is 15.2. The Kier molecular flexibility index (Phi) is 13.9. The second kappa shape index (κ2) is 21.6. The maximum absolute atomic E-state index is 4.22. The first-order valence-electron chi connectivity index (χ1n) is 26.3. The summed E-state index contributed by atoms with van der Waals surface area (Å²) >= 11 is 0. The number of hydrogen-bond donors (Lipinski definition) is 0. The molecule has 1 heterocycles. The first-order chi connectivity index (χ1) is 36.5. The molecule has 1 aromatic heterocycles. The van der Waals surface area contributed by atoms with Gasteiger partial charge in [0.05, 0.1) is 11.0 Å². The van der Waals surface area contributed by atoms with Crippen LogP contribution in [0.25, 0.3) is 83.3 Å². The summed E-state index contributed by atoms with van der Waals surface area (Å²) in [6.07, 6.45) is 21.6. The van der Waals surface area contributed by atoms with Gasteiger partial charge in [-0.25, -0.2) is 0 Å². The van der Waals surface area contributed by atoms with E-state index >= 15 is 0 Å². The van der Waals surface area contributed by atoms with E-state index in [9.17, 15) is 0 Å². The summed E-state index contributed by atoms with van der Waals surface area (Å²) in [5, 5.41) is 5.07. The first kappa shape index (κ1) is 47.6. The largest absolute Gasteiger partial charge is 0.338 e. The number of aromatic nitrogens is 1. The SMILES string of the molecule is C=C/C=C(\C=C(/C)c1cccc2c1c1ccccc1n2-c1ccccc1)c1cccc(N(c2ccc(-c3cc4ccccc4c4c3CC=CC=C4)cc2)C(CC)CC/C=C(\C)c2cccc(-c3ccccc3)c2)c1. The Hall–Kier alpha value is -8.72. The summed E-state index contributed by atoms with van der Waals surface area (Å²) in [6, 6.07) is 75.8. The van der Waals surface area contributed by atoms with E-state index in [2.05, 4.69) is 286 Å². The molecule has 0 aliphatic heterocycles. The highest BCUT2D eigenvalue weighted by molar-refractivity contribution is 6.14. The topological polar surface area (TPSA) is 8.17 Å². The Balaban J connectivity index is 0.969. The maximum Gasteiger partial charge on any atom is 0.0547 e. The van der Waals surface area contributed by atoms with Gasteiger partial charge in [0.2, 0.25) is 0 Å². The van der Waals surface area contributed by atoms with E-state index in [0.717, 1.165) is 42.5 Å². The Morgan fingerprint density at radius 3 is 2.12 bits per heavy atom. The summed E-state index contributed by atoms with van der Waals surface area (Å²) in [5.74, 6) is 0. The van der Waals surface area contributed by atoms with Crippen LogP contribution in [0.2, 0.25) is 0 Å². The molecule has 74 heavy (non-hydrogen) atoms. The predicted octanol–water partition coefficient (Wildman–Crippen LogP) is 19.9. The van der Waals surface area contributed by atoms with Gasteiger partial charge in [-0.2, -0.15) is 0 Å². The third-order valence-electron chi connectivity index (χ3n) is 15.0. The number of allylic oxidation sites excluding steroid dienone is 10. The Labute approximate surface area is 437 Å². The average molecular weight is 955 g/mol. The lowest BCUT2D eigenvalue weighted by atomic mass is 9.89. The van der Waals surface area contributed by atoms with Gasteiger partial charge in [0.25, 0.3) is 0 Å². The molecule has 0 bridgehead atoms. The molecular formula is C72H62N2. The van der Waals surface area contributed by atoms with Crippen molar-refractivity contribution in [1.29, 1.82) is 0 Å². The summed E-state index contributed by atoms with van der Waals surface area (Å²) in [7, 11) is 0. The molecule has 11 rings (SSSR count). The Morgan fingerprint density at radius 2 is 1.31 bits per heavy atom. The molecule has 0 saturated heterocycles. The number of nitrogens with zero attached hydrogens (tertiary/aromatic N) is 2. The predicted molar refractivity (Wildman–Crippen MR) is 321 cm³/mol. The van der Waals surface area contributed by atoms with Crippen LogP contribution in [0.1, 0.15) is 67.9 Å². The van der Waals surface area contributed by atoms with Crippen molar-refractivity contribution < 1.29 is 0 Å². The summed E-state index contributed by atoms with van der Waals surface area (Å²) in [4.78, 5) is 2.60. The van der Waals surface area contributed by atoms with Crippen molar-refractivity contribution in [3.05, 3.63) is 283 Å². The molecule has 10 aromatic rings. The third kappa shape index (κ3) is 9.55. The molecule has 1 aliphatic carbocycles. The number of rotatable bonds is 15. The van der Waals surface area contributed by atoms with E-state index in [1.807, 2.05) is 6.08 Å². The van der Waals surface area contributed by atoms with Gasteiger partial charge in [0.15, 0.2) is 0 Å². The van der Waals surface area contributed by atoms with Crippen molar-refractivity contribution >= 4 is 66.7 Å². The number of hydrogen-bond acceptors (Lipinski definition) is 1. The number of benzene rings is 9. The van der Waals surface area contributed by atoms with E-state index < -0.39 is 0 Å². The van der Waals surface area contributed by atoms with Crippen molar-refractivity contribution in [2.75, 3.05) is 4.90 Å². The van der Waals surface area contributed by atoms with Crippen LogP contribution in [0.3, 0.4) is 0 Å². The van der Waals surface area contributed by atoms with Crippen LogP contribution in [-0.4, -0.2) is 10.6 Å². The van der Waals surface area contributed by atoms with E-state index in [0.29, 0.717) is 0 Å². The van der Waals surface area contributed by atoms with Gasteiger partial charge in [-0.1, -0.05) is 208 Å². The van der Waals surface area contributed by atoms with E-state index in [1.54, 1.807) is 0 Å². The maximum atomic E-state index is 4.22. The molecule has 1 atom stereocenters. The van der Waals surface area contributed by atoms with Crippen molar-refractivity contribution in [3.8, 4) is 27.9 Å². The van der Waals surface area contributed by atoms with Crippen LogP contribution in [0.15, 0.2) is 255 Å². The van der Waals surface area contributed by atoms with Crippen molar-refractivity contribution in [3.63, 3.8) is 0 Å². The minimum atomic E-state index is 0.228. The zero-order valence-electron chi connectivity index (χ0n) is 42.8. The van der Waals surface area contributed by atoms with Crippen LogP contribution < -0.4 is 4.90 Å². The third-order valence-corrected chi connectivity index (χ3v) is 15.0. The first-order valence-corrected chi connectivity index (χ1v) is 26.3. The lowest BCUT2D eigenvalue weighted by Gasteiger charge is -2.34. The molecule has 0 amide bonds. The van der Waals surface area contributed by atoms with Gasteiger partial charge in [0.1, 0.15) is 0 Å². The summed E-state index contributed by atoms with van der Waals surface area (Å²) < 4.78 is 2.39. The van der Waals surface area contributed by atoms with Gasteiger partial charge in [0, 0.05) is 33.9 Å². The molecule has 2 nitrogen and oxygen atoms in total. The summed E-state index contributed by atoms with van der Waals surface area (Å²) in [6.45, 7) is 11.1. The van der Waals surface area contributed by atoms with E-state index in [1.165, 1.54) is 99.6 Å². The molecule has 1 aliphatic rings. The highest BCUT2D eigenvalue weighted by Gasteiger charge is 2.22. The molecule has 360 valence electrons. The summed E-state index contributed by atoms with van der Waals surface area (Å²) in [5.41, 5.74) is 20.8. The fourth-order valence-electron chi connectivity index (χ4n) is 11.3. The fourth-order valence-corrected chi connectivity index (χ4v) is 11.3. The zero-order valence-corrected chi connectivity index (χ0v) is 42.8. The minimum Gasteiger partial charge on any atom is -0.338 e. The smallest absolute Gasteiger partial charge is 0.0547 e. The van der Waals surface area contributed by atoms with Gasteiger partial charge < -0.3 is 9.47 Å². The molecular weight excluding hydrogens is 893 g/mol. The molecule has 0 fully saturated rings. The normalized spacial score (nSPS) is 13.3. The standard InChI is InChI=1S/C72H62N2/c1-5-24-56(47-52(4)64-40-23-42-71-72(64)68-39-18-19-41-70(68)74(71)61-32-12-8-13-33-61)58-31-22-35-63(49-58)73(60(6-2)34-20-25-51(3)55-29-21-30-57(48-55)53-26-10-7-11-27-53)62-45-43-54(44-46-62)69-50-59-28-16-17-36-65(59)66-37-14-9-15-38-67(66)69/h5,7-19,21-33,35-37,39-50,60H,1,6,20,34,38H2,2-4H3/b51-25+,52-47+,56-24+. The Morgan fingerprint density at radius 1 is 0.608 bits per heavy atom. The second-order valence-electron chi connectivity index (χ2n) is 19.5. The van der Waals surface area contributed by atoms with Crippen LogP contribution >= 0.6 is 0 Å². The van der Waals surface area contributed by atoms with Crippen LogP contribution in [0.4, 0.5) is 11.4 Å². The van der Waals surface area contributed by atoms with Crippen LogP contribution in [0, 0.1) is 0 Å². The van der Waals surface area contributed by atoms with E-state index in [4.69, 9.17) is 0 Å². The monoisotopic (exact) mass is 954 g/mol. The van der Waals surface area contributed by atoms with Gasteiger partial charge >= 0.3 is 0 Å². The molecule has 0 radical (unpaired) electrons. The molecule has 0 N–H and O–H groups in total. The van der Waals surface area contributed by atoms with Gasteiger partial charge in [-0.3, -0.25) is 0 Å². The zero-order chi connectivity index (χ0) is 50.4. The van der Waals surface area contributed by atoms with Crippen molar-refractivity contribution in [1.82, 2.24) is 4.57 Å². The van der Waals surface area contributed by atoms with E-state index in [-0.39, 0.29) is 6.04 Å². The number of fused-ring (bicyclic) bond motifs is 6. The van der Waals surface area contributed by atoms with Crippen molar-refractivity contribution in [2.24, 2.45) is 0 Å². The lowest BCUT2D eigenvalue weighted by Crippen LogP contribution is -2.30. The highest BCUT2D eigenvalue weighted by Crippen LogP contribution is 2.41. The van der Waals surface area contributed by atoms with Gasteiger partial charge in [-0.05, 0) is 178 Å². The number of para-hydroxylation sites is 2. The average Bonchev–Trinajstić information content (AvgIpc) is 3.60. The quantitative estimate of drug-likeness (QED) is 0.0930.